The fraction of sp³-hybridized carbons (Fsp3) is 0.581. The molecule has 2 rings (SSSR count). The third kappa shape index (κ3) is 10.3. The lowest BCUT2D eigenvalue weighted by Crippen LogP contribution is -2.56. The van der Waals surface area contributed by atoms with Crippen molar-refractivity contribution < 1.29 is 23.9 Å². The zero-order valence-corrected chi connectivity index (χ0v) is 25.1. The Hall–Kier alpha value is -2.97. The highest BCUT2D eigenvalue weighted by molar-refractivity contribution is 5.92. The van der Waals surface area contributed by atoms with E-state index in [9.17, 15) is 14.4 Å². The van der Waals surface area contributed by atoms with Gasteiger partial charge in [0.05, 0.1) is 5.92 Å². The Kier molecular flexibility index (Phi) is 11.5. The molecule has 3 atom stereocenters. The summed E-state index contributed by atoms with van der Waals surface area (Å²) in [6.45, 7) is 12.1. The summed E-state index contributed by atoms with van der Waals surface area (Å²) < 4.78 is 11.9. The molecule has 0 aliphatic heterocycles. The highest BCUT2D eigenvalue weighted by Gasteiger charge is 2.41. The first kappa shape index (κ1) is 32.2. The van der Waals surface area contributed by atoms with Crippen LogP contribution in [0.5, 0.6) is 0 Å². The quantitative estimate of drug-likeness (QED) is 0.312. The van der Waals surface area contributed by atoms with Gasteiger partial charge in [0.2, 0.25) is 11.8 Å². The molecular formula is C31H47N3O5. The lowest BCUT2D eigenvalue weighted by molar-refractivity contribution is -0.175. The number of carbonyl (C=O) groups excluding carboxylic acids is 3. The number of ether oxygens (including phenoxy) is 2. The van der Waals surface area contributed by atoms with Gasteiger partial charge in [-0.2, -0.15) is 0 Å². The third-order valence-corrected chi connectivity index (χ3v) is 6.32. The van der Waals surface area contributed by atoms with Crippen LogP contribution in [-0.2, 0) is 30.3 Å². The molecule has 0 unspecified atom stereocenters. The van der Waals surface area contributed by atoms with E-state index in [0.29, 0.717) is 6.42 Å². The number of fused-ring (bicyclic) bond motifs is 1. The predicted molar refractivity (Wildman–Crippen MR) is 155 cm³/mol. The van der Waals surface area contributed by atoms with Gasteiger partial charge in [0.15, 0.2) is 6.10 Å². The van der Waals surface area contributed by atoms with Crippen LogP contribution in [0.4, 0.5) is 0 Å². The number of benzene rings is 2. The Balaban J connectivity index is 2.50. The number of esters is 1. The molecule has 8 nitrogen and oxygen atoms in total. The molecule has 8 heteroatoms. The van der Waals surface area contributed by atoms with Gasteiger partial charge in [0.1, 0.15) is 11.6 Å². The number of nitrogens with one attached hydrogen (secondary N) is 2. The number of rotatable bonds is 12. The molecule has 0 saturated heterocycles. The molecular weight excluding hydrogens is 494 g/mol. The van der Waals surface area contributed by atoms with Crippen LogP contribution in [0.15, 0.2) is 42.5 Å². The molecule has 0 aromatic heterocycles. The minimum atomic E-state index is -1.15. The van der Waals surface area contributed by atoms with Crippen molar-refractivity contribution in [1.29, 1.82) is 0 Å². The number of nitrogens with zero attached hydrogens (tertiary/aromatic N) is 1. The van der Waals surface area contributed by atoms with E-state index < -0.39 is 41.0 Å². The molecule has 2 amide bonds. The molecule has 0 heterocycles. The second kappa shape index (κ2) is 13.9. The van der Waals surface area contributed by atoms with Gasteiger partial charge in [-0.05, 0) is 76.0 Å². The van der Waals surface area contributed by atoms with Crippen molar-refractivity contribution in [3.05, 3.63) is 48.0 Å². The minimum Gasteiger partial charge on any atom is -0.458 e. The van der Waals surface area contributed by atoms with Crippen molar-refractivity contribution in [3.8, 4) is 0 Å². The van der Waals surface area contributed by atoms with E-state index in [2.05, 4.69) is 10.6 Å². The van der Waals surface area contributed by atoms with Gasteiger partial charge in [-0.1, -0.05) is 63.2 Å². The smallest absolute Gasteiger partial charge is 0.336 e. The van der Waals surface area contributed by atoms with E-state index in [-0.39, 0.29) is 18.9 Å². The maximum atomic E-state index is 14.0. The van der Waals surface area contributed by atoms with Crippen molar-refractivity contribution in [1.82, 2.24) is 15.5 Å². The lowest BCUT2D eigenvalue weighted by Gasteiger charge is -2.33. The first-order chi connectivity index (χ1) is 18.1. The van der Waals surface area contributed by atoms with Gasteiger partial charge in [-0.3, -0.25) is 9.59 Å². The Morgan fingerprint density at radius 2 is 1.56 bits per heavy atom. The Morgan fingerprint density at radius 3 is 2.13 bits per heavy atom. The van der Waals surface area contributed by atoms with E-state index in [1.807, 2.05) is 82.2 Å². The number of likely N-dealkylation sites (N-methyl/N-ethyl adjacent to an activating group) is 1. The van der Waals surface area contributed by atoms with Crippen LogP contribution in [0.3, 0.4) is 0 Å². The molecule has 39 heavy (non-hydrogen) atoms. The molecule has 0 radical (unpaired) electrons. The molecule has 0 saturated carbocycles. The van der Waals surface area contributed by atoms with Crippen LogP contribution in [0, 0.1) is 11.3 Å². The SMILES string of the molecule is CNC(=O)[C@@H](NC(=O)[C@H](Cc1ccc2ccccc2c1)[C@H](OCCCN(C)C)C(=O)OC(C)(C)C)C(C)(C)C. The Labute approximate surface area is 233 Å². The lowest BCUT2D eigenvalue weighted by atomic mass is 9.84. The predicted octanol–water partition coefficient (Wildman–Crippen LogP) is 3.95. The van der Waals surface area contributed by atoms with Crippen LogP contribution in [-0.4, -0.2) is 74.7 Å². The number of carbonyl (C=O) groups is 3. The first-order valence-electron chi connectivity index (χ1n) is 13.6. The zero-order chi connectivity index (χ0) is 29.4. The molecule has 0 fully saturated rings. The van der Waals surface area contributed by atoms with Crippen LogP contribution in [0.25, 0.3) is 10.8 Å². The van der Waals surface area contributed by atoms with Crippen LogP contribution >= 0.6 is 0 Å². The van der Waals surface area contributed by atoms with E-state index in [1.165, 1.54) is 7.05 Å². The molecule has 216 valence electrons. The molecule has 0 bridgehead atoms. The molecule has 0 aliphatic rings. The minimum absolute atomic E-state index is 0.235. The van der Waals surface area contributed by atoms with Crippen molar-refractivity contribution in [3.63, 3.8) is 0 Å². The largest absolute Gasteiger partial charge is 0.458 e. The van der Waals surface area contributed by atoms with Gasteiger partial charge in [-0.15, -0.1) is 0 Å². The Bertz CT molecular complexity index is 1120. The van der Waals surface area contributed by atoms with Crippen molar-refractivity contribution in [2.45, 2.75) is 72.1 Å². The summed E-state index contributed by atoms with van der Waals surface area (Å²) in [5.41, 5.74) is -0.439. The molecule has 2 aromatic rings. The summed E-state index contributed by atoms with van der Waals surface area (Å²) in [4.78, 5) is 42.2. The van der Waals surface area contributed by atoms with Crippen LogP contribution in [0.1, 0.15) is 53.5 Å². The van der Waals surface area contributed by atoms with Crippen LogP contribution in [0.2, 0.25) is 0 Å². The van der Waals surface area contributed by atoms with Gasteiger partial charge < -0.3 is 25.0 Å². The average molecular weight is 542 g/mol. The van der Waals surface area contributed by atoms with Gasteiger partial charge in [-0.25, -0.2) is 4.79 Å². The van der Waals surface area contributed by atoms with Gasteiger partial charge in [0, 0.05) is 13.7 Å². The maximum Gasteiger partial charge on any atom is 0.336 e. The van der Waals surface area contributed by atoms with E-state index in [1.54, 1.807) is 20.8 Å². The number of hydrogen-bond acceptors (Lipinski definition) is 6. The summed E-state index contributed by atoms with van der Waals surface area (Å²) >= 11 is 0. The fourth-order valence-corrected chi connectivity index (χ4v) is 4.33. The molecule has 2 N–H and O–H groups in total. The van der Waals surface area contributed by atoms with E-state index in [0.717, 1.165) is 22.9 Å². The topological polar surface area (TPSA) is 97.0 Å². The number of hydrogen-bond donors (Lipinski definition) is 2. The van der Waals surface area contributed by atoms with Crippen molar-refractivity contribution >= 4 is 28.6 Å². The third-order valence-electron chi connectivity index (χ3n) is 6.32. The first-order valence-corrected chi connectivity index (χ1v) is 13.6. The number of amides is 2. The second-order valence-corrected chi connectivity index (χ2v) is 12.4. The summed E-state index contributed by atoms with van der Waals surface area (Å²) in [5.74, 6) is -2.26. The van der Waals surface area contributed by atoms with Crippen molar-refractivity contribution in [2.24, 2.45) is 11.3 Å². The molecule has 0 aliphatic carbocycles. The summed E-state index contributed by atoms with van der Waals surface area (Å²) in [5, 5.41) is 7.68. The van der Waals surface area contributed by atoms with Crippen LogP contribution < -0.4 is 10.6 Å². The summed E-state index contributed by atoms with van der Waals surface area (Å²) in [7, 11) is 5.47. The monoisotopic (exact) mass is 541 g/mol. The average Bonchev–Trinajstić information content (AvgIpc) is 2.83. The Morgan fingerprint density at radius 1 is 0.923 bits per heavy atom. The van der Waals surface area contributed by atoms with Gasteiger partial charge in [0.25, 0.3) is 0 Å². The van der Waals surface area contributed by atoms with Gasteiger partial charge >= 0.3 is 5.97 Å². The van der Waals surface area contributed by atoms with E-state index in [4.69, 9.17) is 9.47 Å². The normalized spacial score (nSPS) is 14.5. The highest BCUT2D eigenvalue weighted by atomic mass is 16.6. The molecule has 0 spiro atoms. The fourth-order valence-electron chi connectivity index (χ4n) is 4.33. The van der Waals surface area contributed by atoms with Crippen molar-refractivity contribution in [2.75, 3.05) is 34.3 Å². The summed E-state index contributed by atoms with van der Waals surface area (Å²) in [6.07, 6.45) is -0.235. The summed E-state index contributed by atoms with van der Waals surface area (Å²) in [6, 6.07) is 13.2. The van der Waals surface area contributed by atoms with E-state index >= 15 is 0 Å². The maximum absolute atomic E-state index is 14.0. The zero-order valence-electron chi connectivity index (χ0n) is 25.1. The molecule has 2 aromatic carbocycles. The standard InChI is InChI=1S/C31H47N3O5/c1-30(2,3)26(28(36)32-7)33-27(35)24(20-21-15-16-22-13-10-11-14-23(22)19-21)25(29(37)39-31(4,5)6)38-18-12-17-34(8)9/h10-11,13-16,19,24-26H,12,17-18,20H2,1-9H3,(H,32,36)(H,33,35)/t24-,25+,26-/m1/s1. The second-order valence-electron chi connectivity index (χ2n) is 12.4. The highest BCUT2D eigenvalue weighted by Crippen LogP contribution is 2.25.